The van der Waals surface area contributed by atoms with Gasteiger partial charge in [-0.25, -0.2) is 0 Å². The molecular formula is C17H26N4. The topological polar surface area (TPSA) is 47.1 Å². The van der Waals surface area contributed by atoms with Crippen molar-refractivity contribution in [3.63, 3.8) is 0 Å². The maximum Gasteiger partial charge on any atom is 0.0817 e. The van der Waals surface area contributed by atoms with Crippen LogP contribution in [0.3, 0.4) is 0 Å². The van der Waals surface area contributed by atoms with E-state index in [0.717, 1.165) is 30.6 Å². The van der Waals surface area contributed by atoms with Crippen molar-refractivity contribution >= 4 is 5.69 Å². The molecule has 2 rings (SSSR count). The van der Waals surface area contributed by atoms with E-state index in [0.29, 0.717) is 12.6 Å². The second-order valence-corrected chi connectivity index (χ2v) is 5.49. The van der Waals surface area contributed by atoms with Crippen molar-refractivity contribution in [2.75, 3.05) is 11.9 Å². The fraction of sp³-hybridized carbons (Fsp3) is 0.471. The zero-order chi connectivity index (χ0) is 15.2. The van der Waals surface area contributed by atoms with Crippen molar-refractivity contribution in [1.29, 1.82) is 0 Å². The molecule has 0 aliphatic rings. The van der Waals surface area contributed by atoms with Crippen LogP contribution in [0.2, 0.25) is 0 Å². The number of hydrogen-bond acceptors (Lipinski definition) is 3. The van der Waals surface area contributed by atoms with Gasteiger partial charge in [-0.1, -0.05) is 26.0 Å². The van der Waals surface area contributed by atoms with E-state index in [9.17, 15) is 0 Å². The second-order valence-electron chi connectivity index (χ2n) is 5.49. The number of anilines is 1. The summed E-state index contributed by atoms with van der Waals surface area (Å²) in [5, 5.41) is 4.71. The van der Waals surface area contributed by atoms with Crippen LogP contribution >= 0.6 is 0 Å². The summed E-state index contributed by atoms with van der Waals surface area (Å²) in [5.74, 6) is 0. The third kappa shape index (κ3) is 3.85. The SMILES string of the molecule is CCC(CC)n1ccc(CN(C)c2cccc(CN)c2)n1. The first-order valence-electron chi connectivity index (χ1n) is 7.72. The molecule has 0 saturated carbocycles. The average Bonchev–Trinajstić information content (AvgIpc) is 2.97. The maximum absolute atomic E-state index is 5.70. The Balaban J connectivity index is 2.07. The summed E-state index contributed by atoms with van der Waals surface area (Å²) in [6.45, 7) is 5.80. The fourth-order valence-corrected chi connectivity index (χ4v) is 2.58. The predicted octanol–water partition coefficient (Wildman–Crippen LogP) is 3.34. The van der Waals surface area contributed by atoms with Crippen molar-refractivity contribution in [2.45, 2.75) is 45.8 Å². The molecule has 1 aromatic carbocycles. The standard InChI is InChI=1S/C17H26N4/c1-4-16(5-2)21-10-9-15(19-21)13-20(3)17-8-6-7-14(11-17)12-18/h6-11,16H,4-5,12-13,18H2,1-3H3. The highest BCUT2D eigenvalue weighted by Crippen LogP contribution is 2.18. The third-order valence-corrected chi connectivity index (χ3v) is 3.97. The molecule has 0 aliphatic heterocycles. The number of rotatable bonds is 7. The Labute approximate surface area is 127 Å². The first-order chi connectivity index (χ1) is 10.2. The van der Waals surface area contributed by atoms with Crippen molar-refractivity contribution in [3.8, 4) is 0 Å². The van der Waals surface area contributed by atoms with Crippen LogP contribution in [-0.2, 0) is 13.1 Å². The van der Waals surface area contributed by atoms with Gasteiger partial charge in [0, 0.05) is 25.5 Å². The monoisotopic (exact) mass is 286 g/mol. The molecule has 21 heavy (non-hydrogen) atoms. The van der Waals surface area contributed by atoms with Gasteiger partial charge in [0.25, 0.3) is 0 Å². The van der Waals surface area contributed by atoms with E-state index in [1.807, 2.05) is 0 Å². The van der Waals surface area contributed by atoms with Crippen LogP contribution in [0.1, 0.15) is 44.0 Å². The summed E-state index contributed by atoms with van der Waals surface area (Å²) in [6.07, 6.45) is 4.33. The van der Waals surface area contributed by atoms with Gasteiger partial charge >= 0.3 is 0 Å². The summed E-state index contributed by atoms with van der Waals surface area (Å²) < 4.78 is 2.10. The van der Waals surface area contributed by atoms with Crippen LogP contribution in [0.25, 0.3) is 0 Å². The van der Waals surface area contributed by atoms with Crippen LogP contribution < -0.4 is 10.6 Å². The van der Waals surface area contributed by atoms with E-state index in [1.54, 1.807) is 0 Å². The van der Waals surface area contributed by atoms with Crippen molar-refractivity contribution in [1.82, 2.24) is 9.78 Å². The quantitative estimate of drug-likeness (QED) is 0.849. The first-order valence-corrected chi connectivity index (χ1v) is 7.72. The van der Waals surface area contributed by atoms with E-state index in [2.05, 4.69) is 67.0 Å². The highest BCUT2D eigenvalue weighted by Gasteiger charge is 2.09. The van der Waals surface area contributed by atoms with Crippen LogP contribution in [0.5, 0.6) is 0 Å². The average molecular weight is 286 g/mol. The minimum atomic E-state index is 0.504. The zero-order valence-electron chi connectivity index (χ0n) is 13.3. The van der Waals surface area contributed by atoms with Crippen LogP contribution in [-0.4, -0.2) is 16.8 Å². The number of benzene rings is 1. The molecule has 1 aromatic heterocycles. The summed E-state index contributed by atoms with van der Waals surface area (Å²) in [4.78, 5) is 2.21. The fourth-order valence-electron chi connectivity index (χ4n) is 2.58. The van der Waals surface area contributed by atoms with Gasteiger partial charge in [-0.3, -0.25) is 4.68 Å². The summed E-state index contributed by atoms with van der Waals surface area (Å²) in [5.41, 5.74) is 9.13. The Bertz CT molecular complexity index is 557. The Hall–Kier alpha value is -1.81. The van der Waals surface area contributed by atoms with Crippen LogP contribution in [0.4, 0.5) is 5.69 Å². The molecule has 2 aromatic rings. The van der Waals surface area contributed by atoms with Crippen molar-refractivity contribution in [2.24, 2.45) is 5.73 Å². The molecule has 0 fully saturated rings. The Kier molecular flexibility index (Phi) is 5.39. The van der Waals surface area contributed by atoms with Gasteiger partial charge in [-0.15, -0.1) is 0 Å². The summed E-state index contributed by atoms with van der Waals surface area (Å²) in [7, 11) is 2.09. The third-order valence-electron chi connectivity index (χ3n) is 3.97. The zero-order valence-corrected chi connectivity index (χ0v) is 13.3. The number of aromatic nitrogens is 2. The number of nitrogens with two attached hydrogens (primary N) is 1. The molecule has 0 aliphatic carbocycles. The highest BCUT2D eigenvalue weighted by molar-refractivity contribution is 5.48. The molecule has 0 amide bonds. The lowest BCUT2D eigenvalue weighted by Gasteiger charge is -2.19. The minimum absolute atomic E-state index is 0.504. The molecule has 0 unspecified atom stereocenters. The van der Waals surface area contributed by atoms with Gasteiger partial charge in [0.05, 0.1) is 18.3 Å². The molecule has 0 radical (unpaired) electrons. The van der Waals surface area contributed by atoms with Crippen LogP contribution in [0.15, 0.2) is 36.5 Å². The summed E-state index contributed by atoms with van der Waals surface area (Å²) in [6, 6.07) is 11.0. The number of hydrogen-bond donors (Lipinski definition) is 1. The van der Waals surface area contributed by atoms with Gasteiger partial charge in [-0.05, 0) is 36.6 Å². The van der Waals surface area contributed by atoms with E-state index >= 15 is 0 Å². The molecule has 0 spiro atoms. The minimum Gasteiger partial charge on any atom is -0.369 e. The molecule has 1 heterocycles. The largest absolute Gasteiger partial charge is 0.369 e. The Morgan fingerprint density at radius 1 is 1.24 bits per heavy atom. The first kappa shape index (κ1) is 15.6. The van der Waals surface area contributed by atoms with Gasteiger partial charge in [0.2, 0.25) is 0 Å². The lowest BCUT2D eigenvalue weighted by molar-refractivity contribution is 0.425. The van der Waals surface area contributed by atoms with Gasteiger partial charge < -0.3 is 10.6 Å². The molecule has 0 saturated heterocycles. The molecule has 2 N–H and O–H groups in total. The second kappa shape index (κ2) is 7.27. The molecular weight excluding hydrogens is 260 g/mol. The lowest BCUT2D eigenvalue weighted by atomic mass is 10.2. The maximum atomic E-state index is 5.70. The van der Waals surface area contributed by atoms with E-state index in [1.165, 1.54) is 5.69 Å². The Morgan fingerprint density at radius 3 is 2.67 bits per heavy atom. The van der Waals surface area contributed by atoms with Crippen molar-refractivity contribution in [3.05, 3.63) is 47.8 Å². The van der Waals surface area contributed by atoms with E-state index < -0.39 is 0 Å². The van der Waals surface area contributed by atoms with E-state index in [-0.39, 0.29) is 0 Å². The van der Waals surface area contributed by atoms with Gasteiger partial charge in [0.15, 0.2) is 0 Å². The Morgan fingerprint density at radius 2 is 2.00 bits per heavy atom. The molecule has 0 atom stereocenters. The van der Waals surface area contributed by atoms with Gasteiger partial charge in [-0.2, -0.15) is 5.10 Å². The predicted molar refractivity (Wildman–Crippen MR) is 88.3 cm³/mol. The van der Waals surface area contributed by atoms with Crippen LogP contribution in [0, 0.1) is 0 Å². The normalized spacial score (nSPS) is 11.1. The van der Waals surface area contributed by atoms with Crippen molar-refractivity contribution < 1.29 is 0 Å². The number of nitrogens with zero attached hydrogens (tertiary/aromatic N) is 3. The lowest BCUT2D eigenvalue weighted by Crippen LogP contribution is -2.17. The molecule has 4 nitrogen and oxygen atoms in total. The molecule has 4 heteroatoms. The molecule has 0 bridgehead atoms. The van der Waals surface area contributed by atoms with E-state index in [4.69, 9.17) is 10.8 Å². The smallest absolute Gasteiger partial charge is 0.0817 e. The summed E-state index contributed by atoms with van der Waals surface area (Å²) >= 11 is 0. The highest BCUT2D eigenvalue weighted by atomic mass is 15.3. The molecule has 114 valence electrons. The van der Waals surface area contributed by atoms with Gasteiger partial charge in [0.1, 0.15) is 0 Å².